The Morgan fingerprint density at radius 3 is 2.78 bits per heavy atom. The minimum absolute atomic E-state index is 0.0207. The molecule has 0 unspecified atom stereocenters. The highest BCUT2D eigenvalue weighted by molar-refractivity contribution is 7.89. The molecule has 3 aromatic rings. The molecular weight excluding hydrogens is 336 g/mol. The van der Waals surface area contributed by atoms with Crippen molar-refractivity contribution in [3.05, 3.63) is 59.2 Å². The highest BCUT2D eigenvalue weighted by Crippen LogP contribution is 2.27. The van der Waals surface area contributed by atoms with Crippen molar-refractivity contribution in [3.63, 3.8) is 0 Å². The van der Waals surface area contributed by atoms with Crippen molar-refractivity contribution in [2.45, 2.75) is 11.4 Å². The van der Waals surface area contributed by atoms with Gasteiger partial charge in [-0.15, -0.1) is 0 Å². The molecule has 0 amide bonds. The van der Waals surface area contributed by atoms with Crippen molar-refractivity contribution in [2.75, 3.05) is 7.11 Å². The van der Waals surface area contributed by atoms with Gasteiger partial charge in [-0.1, -0.05) is 29.8 Å². The summed E-state index contributed by atoms with van der Waals surface area (Å²) in [6, 6.07) is 12.2. The van der Waals surface area contributed by atoms with Gasteiger partial charge in [-0.2, -0.15) is 0 Å². The summed E-state index contributed by atoms with van der Waals surface area (Å²) in [5.41, 5.74) is 1.83. The van der Waals surface area contributed by atoms with Crippen molar-refractivity contribution in [2.24, 2.45) is 0 Å². The second-order valence-corrected chi connectivity index (χ2v) is 7.15. The summed E-state index contributed by atoms with van der Waals surface area (Å²) in [6.07, 6.45) is 1.79. The normalized spacial score (nSPS) is 11.7. The third-order valence-electron chi connectivity index (χ3n) is 3.54. The average molecular weight is 351 g/mol. The summed E-state index contributed by atoms with van der Waals surface area (Å²) in [6.45, 7) is 0.169. The molecule has 1 heterocycles. The van der Waals surface area contributed by atoms with Crippen LogP contribution in [0, 0.1) is 0 Å². The molecule has 2 aromatic carbocycles. The largest absolute Gasteiger partial charge is 0.495 e. The highest BCUT2D eigenvalue weighted by atomic mass is 35.5. The molecule has 23 heavy (non-hydrogen) atoms. The Labute approximate surface area is 139 Å². The third-order valence-corrected chi connectivity index (χ3v) is 5.20. The number of benzene rings is 2. The topological polar surface area (TPSA) is 71.2 Å². The minimum atomic E-state index is -3.74. The van der Waals surface area contributed by atoms with Crippen LogP contribution in [0.2, 0.25) is 5.02 Å². The first-order chi connectivity index (χ1) is 11.0. The first-order valence-electron chi connectivity index (χ1n) is 6.89. The van der Waals surface area contributed by atoms with Gasteiger partial charge in [0.05, 0.1) is 7.11 Å². The van der Waals surface area contributed by atoms with Crippen LogP contribution < -0.4 is 9.46 Å². The van der Waals surface area contributed by atoms with Gasteiger partial charge in [-0.3, -0.25) is 0 Å². The molecule has 3 rings (SSSR count). The van der Waals surface area contributed by atoms with E-state index in [0.717, 1.165) is 16.5 Å². The number of sulfonamides is 1. The van der Waals surface area contributed by atoms with Crippen LogP contribution in [0.1, 0.15) is 5.56 Å². The van der Waals surface area contributed by atoms with Crippen LogP contribution in [0.4, 0.5) is 0 Å². The maximum atomic E-state index is 12.5. The molecule has 0 bridgehead atoms. The molecule has 0 aliphatic rings. The second-order valence-electron chi connectivity index (χ2n) is 4.98. The summed E-state index contributed by atoms with van der Waals surface area (Å²) in [5, 5.41) is 1.31. The van der Waals surface area contributed by atoms with E-state index in [0.29, 0.717) is 5.02 Å². The number of hydrogen-bond donors (Lipinski definition) is 2. The number of para-hydroxylation sites is 1. The fourth-order valence-corrected chi connectivity index (χ4v) is 3.83. The Morgan fingerprint density at radius 2 is 2.00 bits per heavy atom. The van der Waals surface area contributed by atoms with E-state index >= 15 is 0 Å². The number of aromatic amines is 1. The predicted octanol–water partition coefficient (Wildman–Crippen LogP) is 3.31. The Hall–Kier alpha value is -2.02. The summed E-state index contributed by atoms with van der Waals surface area (Å²) >= 11 is 5.90. The Balaban J connectivity index is 1.89. The molecule has 5 nitrogen and oxygen atoms in total. The molecule has 0 aliphatic carbocycles. The molecule has 7 heteroatoms. The number of fused-ring (bicyclic) bond motifs is 1. The third kappa shape index (κ3) is 3.19. The SMILES string of the molecule is COc1ccc(Cl)cc1S(=O)(=O)NCc1c[nH]c2ccccc12. The van der Waals surface area contributed by atoms with Crippen molar-refractivity contribution in [3.8, 4) is 5.75 Å². The van der Waals surface area contributed by atoms with Gasteiger partial charge in [-0.05, 0) is 29.8 Å². The van der Waals surface area contributed by atoms with Gasteiger partial charge in [0.1, 0.15) is 10.6 Å². The lowest BCUT2D eigenvalue weighted by Crippen LogP contribution is -2.23. The molecule has 0 atom stereocenters. The van der Waals surface area contributed by atoms with Crippen molar-refractivity contribution in [1.29, 1.82) is 0 Å². The number of methoxy groups -OCH3 is 1. The van der Waals surface area contributed by atoms with Crippen LogP contribution >= 0.6 is 11.6 Å². The zero-order valence-electron chi connectivity index (χ0n) is 12.3. The van der Waals surface area contributed by atoms with Crippen molar-refractivity contribution >= 4 is 32.5 Å². The van der Waals surface area contributed by atoms with E-state index in [2.05, 4.69) is 9.71 Å². The molecule has 0 radical (unpaired) electrons. The fourth-order valence-electron chi connectivity index (χ4n) is 2.39. The number of H-pyrrole nitrogens is 1. The molecule has 1 aromatic heterocycles. The minimum Gasteiger partial charge on any atom is -0.495 e. The van der Waals surface area contributed by atoms with Gasteiger partial charge in [-0.25, -0.2) is 13.1 Å². The zero-order chi connectivity index (χ0) is 16.4. The number of nitrogens with one attached hydrogen (secondary N) is 2. The van der Waals surface area contributed by atoms with Crippen LogP contribution in [-0.4, -0.2) is 20.5 Å². The van der Waals surface area contributed by atoms with Crippen LogP contribution in [0.5, 0.6) is 5.75 Å². The maximum Gasteiger partial charge on any atom is 0.244 e. The lowest BCUT2D eigenvalue weighted by molar-refractivity contribution is 0.402. The smallest absolute Gasteiger partial charge is 0.244 e. The van der Waals surface area contributed by atoms with E-state index in [-0.39, 0.29) is 17.2 Å². The standard InChI is InChI=1S/C16H15ClN2O3S/c1-22-15-7-6-12(17)8-16(15)23(20,21)19-10-11-9-18-14-5-3-2-4-13(11)14/h2-9,18-19H,10H2,1H3. The van der Waals surface area contributed by atoms with Crippen molar-refractivity contribution in [1.82, 2.24) is 9.71 Å². The van der Waals surface area contributed by atoms with Gasteiger partial charge in [0, 0.05) is 28.7 Å². The Kier molecular flexibility index (Phi) is 4.30. The molecule has 0 saturated heterocycles. The summed E-state index contributed by atoms with van der Waals surface area (Å²) in [5.74, 6) is 0.251. The Bertz CT molecular complexity index is 951. The van der Waals surface area contributed by atoms with Crippen LogP contribution in [0.25, 0.3) is 10.9 Å². The number of halogens is 1. The number of rotatable bonds is 5. The van der Waals surface area contributed by atoms with Gasteiger partial charge in [0.15, 0.2) is 0 Å². The second kappa shape index (κ2) is 6.23. The molecule has 0 saturated carbocycles. The van der Waals surface area contributed by atoms with E-state index in [4.69, 9.17) is 16.3 Å². The van der Waals surface area contributed by atoms with E-state index in [1.54, 1.807) is 12.3 Å². The van der Waals surface area contributed by atoms with Gasteiger partial charge < -0.3 is 9.72 Å². The lowest BCUT2D eigenvalue weighted by Gasteiger charge is -2.11. The number of aromatic nitrogens is 1. The molecule has 0 spiro atoms. The molecule has 0 fully saturated rings. The fraction of sp³-hybridized carbons (Fsp3) is 0.125. The summed E-state index contributed by atoms with van der Waals surface area (Å²) < 4.78 is 32.8. The first-order valence-corrected chi connectivity index (χ1v) is 8.75. The van der Waals surface area contributed by atoms with Gasteiger partial charge in [0.25, 0.3) is 0 Å². The van der Waals surface area contributed by atoms with E-state index in [1.165, 1.54) is 19.2 Å². The Morgan fingerprint density at radius 1 is 1.22 bits per heavy atom. The lowest BCUT2D eigenvalue weighted by atomic mass is 10.2. The first kappa shape index (κ1) is 15.9. The van der Waals surface area contributed by atoms with Gasteiger partial charge in [0.2, 0.25) is 10.0 Å². The quantitative estimate of drug-likeness (QED) is 0.741. The van der Waals surface area contributed by atoms with E-state index < -0.39 is 10.0 Å². The molecular formula is C16H15ClN2O3S. The van der Waals surface area contributed by atoms with Crippen LogP contribution in [0.3, 0.4) is 0 Å². The maximum absolute atomic E-state index is 12.5. The van der Waals surface area contributed by atoms with Crippen LogP contribution in [-0.2, 0) is 16.6 Å². The van der Waals surface area contributed by atoms with Crippen molar-refractivity contribution < 1.29 is 13.2 Å². The van der Waals surface area contributed by atoms with E-state index in [1.807, 2.05) is 24.3 Å². The summed E-state index contributed by atoms with van der Waals surface area (Å²) in [4.78, 5) is 3.14. The summed E-state index contributed by atoms with van der Waals surface area (Å²) in [7, 11) is -2.33. The average Bonchev–Trinajstić information content (AvgIpc) is 2.96. The monoisotopic (exact) mass is 350 g/mol. The number of ether oxygens (including phenoxy) is 1. The predicted molar refractivity (Wildman–Crippen MR) is 90.3 cm³/mol. The van der Waals surface area contributed by atoms with E-state index in [9.17, 15) is 8.42 Å². The van der Waals surface area contributed by atoms with Crippen LogP contribution in [0.15, 0.2) is 53.6 Å². The molecule has 0 aliphatic heterocycles. The molecule has 2 N–H and O–H groups in total. The molecule has 120 valence electrons. The highest BCUT2D eigenvalue weighted by Gasteiger charge is 2.20. The zero-order valence-corrected chi connectivity index (χ0v) is 13.9. The van der Waals surface area contributed by atoms with Gasteiger partial charge >= 0.3 is 0 Å². The number of hydrogen-bond acceptors (Lipinski definition) is 3.